The number of anilines is 2. The maximum atomic E-state index is 13.6. The summed E-state index contributed by atoms with van der Waals surface area (Å²) in [4.78, 5) is 0. The van der Waals surface area contributed by atoms with Gasteiger partial charge >= 0.3 is 0 Å². The second-order valence-electron chi connectivity index (χ2n) is 4.73. The number of rotatable bonds is 4. The summed E-state index contributed by atoms with van der Waals surface area (Å²) >= 11 is 11.3. The van der Waals surface area contributed by atoms with Crippen LogP contribution in [0.2, 0.25) is 5.02 Å². The minimum absolute atomic E-state index is 0.285. The van der Waals surface area contributed by atoms with Crippen molar-refractivity contribution in [2.45, 2.75) is 6.92 Å². The van der Waals surface area contributed by atoms with Crippen molar-refractivity contribution in [3.63, 3.8) is 0 Å². The van der Waals surface area contributed by atoms with E-state index in [4.69, 9.17) is 33.3 Å². The van der Waals surface area contributed by atoms with E-state index >= 15 is 0 Å². The Morgan fingerprint density at radius 3 is 2.39 bits per heavy atom. The largest absolute Gasteiger partial charge is 0.495 e. The number of aryl methyl sites for hydroxylation is 1. The van der Waals surface area contributed by atoms with Crippen LogP contribution in [0, 0.1) is 12.7 Å². The summed E-state index contributed by atoms with van der Waals surface area (Å²) in [5, 5.41) is 6.58. The third-order valence-corrected chi connectivity index (χ3v) is 3.65. The predicted molar refractivity (Wildman–Crippen MR) is 95.5 cm³/mol. The molecule has 2 rings (SSSR count). The number of hydrogen-bond donors (Lipinski definition) is 2. The minimum atomic E-state index is -0.303. The lowest BCUT2D eigenvalue weighted by atomic mass is 10.2. The van der Waals surface area contributed by atoms with Crippen LogP contribution in [0.1, 0.15) is 5.56 Å². The monoisotopic (exact) mass is 354 g/mol. The first-order valence-electron chi connectivity index (χ1n) is 6.70. The Morgan fingerprint density at radius 2 is 1.78 bits per heavy atom. The van der Waals surface area contributed by atoms with Gasteiger partial charge in [-0.05, 0) is 42.9 Å². The number of thiocarbonyl (C=S) groups is 1. The van der Waals surface area contributed by atoms with Gasteiger partial charge in [-0.25, -0.2) is 4.39 Å². The average Bonchev–Trinajstić information content (AvgIpc) is 2.51. The van der Waals surface area contributed by atoms with E-state index < -0.39 is 0 Å². The van der Waals surface area contributed by atoms with E-state index in [0.717, 1.165) is 0 Å². The number of nitrogens with one attached hydrogen (secondary N) is 2. The van der Waals surface area contributed by atoms with Crippen molar-refractivity contribution in [1.29, 1.82) is 0 Å². The van der Waals surface area contributed by atoms with Gasteiger partial charge in [-0.2, -0.15) is 0 Å². The molecule has 0 aliphatic heterocycles. The molecule has 7 heteroatoms. The number of halogens is 2. The van der Waals surface area contributed by atoms with Gasteiger partial charge in [0.2, 0.25) is 0 Å². The third kappa shape index (κ3) is 4.24. The molecule has 2 N–H and O–H groups in total. The van der Waals surface area contributed by atoms with E-state index in [1.165, 1.54) is 20.3 Å². The van der Waals surface area contributed by atoms with Gasteiger partial charge in [0.05, 0.1) is 24.9 Å². The fourth-order valence-electron chi connectivity index (χ4n) is 1.91. The maximum absolute atomic E-state index is 13.6. The van der Waals surface area contributed by atoms with Crippen molar-refractivity contribution in [2.24, 2.45) is 0 Å². The molecule has 0 unspecified atom stereocenters. The summed E-state index contributed by atoms with van der Waals surface area (Å²) in [6, 6.07) is 8.08. The Balaban J connectivity index is 2.16. The second-order valence-corrected chi connectivity index (χ2v) is 5.55. The van der Waals surface area contributed by atoms with E-state index in [0.29, 0.717) is 33.5 Å². The summed E-state index contributed by atoms with van der Waals surface area (Å²) in [5.41, 5.74) is 1.69. The molecule has 0 aliphatic carbocycles. The fourth-order valence-corrected chi connectivity index (χ4v) is 2.38. The van der Waals surface area contributed by atoms with Crippen LogP contribution in [0.25, 0.3) is 0 Å². The van der Waals surface area contributed by atoms with Crippen LogP contribution >= 0.6 is 23.8 Å². The molecule has 0 aliphatic rings. The maximum Gasteiger partial charge on any atom is 0.175 e. The van der Waals surface area contributed by atoms with Crippen LogP contribution in [0.3, 0.4) is 0 Å². The Labute approximate surface area is 144 Å². The van der Waals surface area contributed by atoms with Crippen LogP contribution in [-0.2, 0) is 0 Å². The molecule has 122 valence electrons. The van der Waals surface area contributed by atoms with Crippen molar-refractivity contribution in [3.05, 3.63) is 46.7 Å². The van der Waals surface area contributed by atoms with Crippen LogP contribution in [0.15, 0.2) is 30.3 Å². The van der Waals surface area contributed by atoms with Crippen LogP contribution < -0.4 is 20.1 Å². The lowest BCUT2D eigenvalue weighted by Crippen LogP contribution is -2.19. The standard InChI is InChI=1S/C16H16ClFN2O2S/c1-9-4-5-10(6-12(9)18)19-16(23)20-13-7-11(17)14(21-2)8-15(13)22-3/h4-8H,1-3H3,(H2,19,20,23). The first-order chi connectivity index (χ1) is 10.9. The normalized spacial score (nSPS) is 10.1. The van der Waals surface area contributed by atoms with Gasteiger partial charge in [0.15, 0.2) is 5.11 Å². The third-order valence-electron chi connectivity index (χ3n) is 3.15. The number of benzene rings is 2. The van der Waals surface area contributed by atoms with E-state index in [1.807, 2.05) is 0 Å². The zero-order valence-electron chi connectivity index (χ0n) is 12.9. The molecule has 0 amide bonds. The van der Waals surface area contributed by atoms with Gasteiger partial charge in [0, 0.05) is 11.8 Å². The molecule has 0 fully saturated rings. The van der Waals surface area contributed by atoms with Crippen molar-refractivity contribution in [2.75, 3.05) is 24.9 Å². The first-order valence-corrected chi connectivity index (χ1v) is 7.49. The van der Waals surface area contributed by atoms with E-state index in [1.54, 1.807) is 31.2 Å². The molecule has 0 spiro atoms. The van der Waals surface area contributed by atoms with Gasteiger partial charge in [-0.3, -0.25) is 0 Å². The quantitative estimate of drug-likeness (QED) is 0.784. The molecule has 23 heavy (non-hydrogen) atoms. The molecule has 0 heterocycles. The highest BCUT2D eigenvalue weighted by atomic mass is 35.5. The molecule has 2 aromatic rings. The summed E-state index contributed by atoms with van der Waals surface area (Å²) < 4.78 is 24.0. The van der Waals surface area contributed by atoms with Gasteiger partial charge < -0.3 is 20.1 Å². The smallest absolute Gasteiger partial charge is 0.175 e. The Bertz CT molecular complexity index is 740. The van der Waals surface area contributed by atoms with Gasteiger partial charge in [0.25, 0.3) is 0 Å². The summed E-state index contributed by atoms with van der Waals surface area (Å²) in [6.45, 7) is 1.69. The van der Waals surface area contributed by atoms with Crippen molar-refractivity contribution in [1.82, 2.24) is 0 Å². The van der Waals surface area contributed by atoms with Crippen LogP contribution in [-0.4, -0.2) is 19.3 Å². The lowest BCUT2D eigenvalue weighted by molar-refractivity contribution is 0.396. The predicted octanol–water partition coefficient (Wildman–Crippen LogP) is 4.61. The van der Waals surface area contributed by atoms with Crippen molar-refractivity contribution >= 4 is 40.3 Å². The highest BCUT2D eigenvalue weighted by Crippen LogP contribution is 2.35. The summed E-state index contributed by atoms with van der Waals surface area (Å²) in [7, 11) is 3.05. The van der Waals surface area contributed by atoms with Crippen molar-refractivity contribution in [3.8, 4) is 11.5 Å². The first kappa shape index (κ1) is 17.3. The Hall–Kier alpha value is -2.05. The van der Waals surface area contributed by atoms with Crippen LogP contribution in [0.5, 0.6) is 11.5 Å². The average molecular weight is 355 g/mol. The molecule has 4 nitrogen and oxygen atoms in total. The molecule has 0 saturated heterocycles. The number of hydrogen-bond acceptors (Lipinski definition) is 3. The fraction of sp³-hybridized carbons (Fsp3) is 0.188. The Morgan fingerprint density at radius 1 is 1.09 bits per heavy atom. The molecular weight excluding hydrogens is 339 g/mol. The minimum Gasteiger partial charge on any atom is -0.495 e. The number of methoxy groups -OCH3 is 2. The zero-order chi connectivity index (χ0) is 17.0. The molecule has 0 radical (unpaired) electrons. The van der Waals surface area contributed by atoms with Crippen molar-refractivity contribution < 1.29 is 13.9 Å². The van der Waals surface area contributed by atoms with Crippen LogP contribution in [0.4, 0.5) is 15.8 Å². The summed E-state index contributed by atoms with van der Waals surface area (Å²) in [6.07, 6.45) is 0. The van der Waals surface area contributed by atoms with E-state index in [2.05, 4.69) is 10.6 Å². The number of ether oxygens (including phenoxy) is 2. The second kappa shape index (κ2) is 7.48. The lowest BCUT2D eigenvalue weighted by Gasteiger charge is -2.15. The molecule has 0 atom stereocenters. The van der Waals surface area contributed by atoms with Gasteiger partial charge in [-0.1, -0.05) is 17.7 Å². The molecule has 2 aromatic carbocycles. The molecular formula is C16H16ClFN2O2S. The molecule has 0 saturated carbocycles. The SMILES string of the molecule is COc1cc(OC)c(NC(=S)Nc2ccc(C)c(F)c2)cc1Cl. The highest BCUT2D eigenvalue weighted by Gasteiger charge is 2.11. The van der Waals surface area contributed by atoms with E-state index in [9.17, 15) is 4.39 Å². The zero-order valence-corrected chi connectivity index (χ0v) is 14.4. The Kier molecular flexibility index (Phi) is 5.63. The summed E-state index contributed by atoms with van der Waals surface area (Å²) in [5.74, 6) is 0.710. The highest BCUT2D eigenvalue weighted by molar-refractivity contribution is 7.80. The van der Waals surface area contributed by atoms with Gasteiger partial charge in [0.1, 0.15) is 17.3 Å². The van der Waals surface area contributed by atoms with E-state index in [-0.39, 0.29) is 10.9 Å². The molecule has 0 bridgehead atoms. The topological polar surface area (TPSA) is 42.5 Å². The van der Waals surface area contributed by atoms with Gasteiger partial charge in [-0.15, -0.1) is 0 Å². The molecule has 0 aromatic heterocycles.